The second kappa shape index (κ2) is 7.39. The Kier molecular flexibility index (Phi) is 5.30. The van der Waals surface area contributed by atoms with Crippen LogP contribution in [0.3, 0.4) is 0 Å². The Balaban J connectivity index is 1.89. The highest BCUT2D eigenvalue weighted by atomic mass is 35.5. The molecule has 0 amide bonds. The molecule has 0 fully saturated rings. The van der Waals surface area contributed by atoms with E-state index in [2.05, 4.69) is 4.74 Å². The average molecular weight is 417 g/mol. The van der Waals surface area contributed by atoms with Crippen molar-refractivity contribution in [2.75, 3.05) is 0 Å². The summed E-state index contributed by atoms with van der Waals surface area (Å²) in [5, 5.41) is -0.145. The molecule has 0 bridgehead atoms. The average Bonchev–Trinajstić information content (AvgIpc) is 2.64. The zero-order valence-electron chi connectivity index (χ0n) is 14.2. The molecule has 1 nitrogen and oxygen atoms in total. The highest BCUT2D eigenvalue weighted by molar-refractivity contribution is 6.33. The van der Waals surface area contributed by atoms with Gasteiger partial charge in [-0.15, -0.1) is 0 Å². The van der Waals surface area contributed by atoms with Gasteiger partial charge < -0.3 is 4.74 Å². The van der Waals surface area contributed by atoms with Crippen LogP contribution < -0.4 is 4.74 Å². The third kappa shape index (κ3) is 3.80. The number of ether oxygens (including phenoxy) is 1. The Morgan fingerprint density at radius 1 is 0.821 bits per heavy atom. The van der Waals surface area contributed by atoms with E-state index in [-0.39, 0.29) is 5.02 Å². The van der Waals surface area contributed by atoms with Gasteiger partial charge in [-0.05, 0) is 30.2 Å². The van der Waals surface area contributed by atoms with Crippen molar-refractivity contribution in [3.05, 3.63) is 87.9 Å². The number of hydrogen-bond donors (Lipinski definition) is 0. The first-order valence-corrected chi connectivity index (χ1v) is 8.25. The predicted octanol–water partition coefficient (Wildman–Crippen LogP) is 7.00. The van der Waals surface area contributed by atoms with Crippen molar-refractivity contribution < 1.29 is 31.1 Å². The summed E-state index contributed by atoms with van der Waals surface area (Å²) < 4.78 is 86.1. The second-order valence-electron chi connectivity index (χ2n) is 5.96. The molecule has 0 radical (unpaired) electrons. The first-order valence-electron chi connectivity index (χ1n) is 7.87. The van der Waals surface area contributed by atoms with Gasteiger partial charge in [0.25, 0.3) is 0 Å². The van der Waals surface area contributed by atoms with E-state index in [0.29, 0.717) is 28.8 Å². The van der Waals surface area contributed by atoms with Crippen LogP contribution in [0.15, 0.2) is 48.5 Å². The van der Waals surface area contributed by atoms with Crippen LogP contribution in [0.25, 0.3) is 11.1 Å². The fourth-order valence-corrected chi connectivity index (χ4v) is 2.83. The molecule has 0 aliphatic rings. The van der Waals surface area contributed by atoms with Crippen molar-refractivity contribution in [2.45, 2.75) is 13.0 Å². The van der Waals surface area contributed by atoms with Gasteiger partial charge in [0.2, 0.25) is 0 Å². The van der Waals surface area contributed by atoms with Gasteiger partial charge in [-0.3, -0.25) is 0 Å². The summed E-state index contributed by atoms with van der Waals surface area (Å²) in [6.07, 6.45) is -3.96. The summed E-state index contributed by atoms with van der Waals surface area (Å²) >= 11 is 5.96. The first kappa shape index (κ1) is 20.1. The van der Waals surface area contributed by atoms with Crippen LogP contribution in [0.2, 0.25) is 5.02 Å². The van der Waals surface area contributed by atoms with Gasteiger partial charge in [-0.1, -0.05) is 35.9 Å². The van der Waals surface area contributed by atoms with Gasteiger partial charge in [0.15, 0.2) is 17.5 Å². The summed E-state index contributed by atoms with van der Waals surface area (Å²) in [4.78, 5) is 0. The molecule has 3 aromatic carbocycles. The largest absolute Gasteiger partial charge is 0.429 e. The molecule has 0 aliphatic heterocycles. The van der Waals surface area contributed by atoms with Crippen LogP contribution in [0.4, 0.5) is 26.3 Å². The molecular weight excluding hydrogens is 406 g/mol. The van der Waals surface area contributed by atoms with Crippen LogP contribution in [-0.4, -0.2) is 0 Å². The van der Waals surface area contributed by atoms with Crippen LogP contribution in [0, 0.1) is 30.2 Å². The van der Waals surface area contributed by atoms with E-state index in [9.17, 15) is 26.3 Å². The molecule has 0 saturated heterocycles. The van der Waals surface area contributed by atoms with Crippen LogP contribution in [0.5, 0.6) is 5.75 Å². The number of alkyl halides is 2. The molecule has 0 aromatic heterocycles. The molecule has 0 heterocycles. The molecule has 3 aromatic rings. The molecule has 0 aliphatic carbocycles. The van der Waals surface area contributed by atoms with Crippen molar-refractivity contribution in [1.29, 1.82) is 0 Å². The summed E-state index contributed by atoms with van der Waals surface area (Å²) in [5.74, 6) is -6.59. The Morgan fingerprint density at radius 2 is 1.39 bits per heavy atom. The van der Waals surface area contributed by atoms with Crippen molar-refractivity contribution in [3.63, 3.8) is 0 Å². The fraction of sp³-hybridized carbons (Fsp3) is 0.100. The van der Waals surface area contributed by atoms with Crippen molar-refractivity contribution in [2.24, 2.45) is 0 Å². The number of aryl methyl sites for hydroxylation is 1. The Hall–Kier alpha value is -2.67. The van der Waals surface area contributed by atoms with Crippen molar-refractivity contribution in [3.8, 4) is 16.9 Å². The lowest BCUT2D eigenvalue weighted by Crippen LogP contribution is -2.22. The summed E-state index contributed by atoms with van der Waals surface area (Å²) in [6.45, 7) is 1.53. The Morgan fingerprint density at radius 3 is 1.96 bits per heavy atom. The highest BCUT2D eigenvalue weighted by Crippen LogP contribution is 2.36. The van der Waals surface area contributed by atoms with E-state index in [1.54, 1.807) is 6.07 Å². The SMILES string of the molecule is Cc1ccc(-c2ccc(C(F)(F)Oc3cc(F)c(F)c(F)c3)cc2)c(Cl)c1F. The van der Waals surface area contributed by atoms with Gasteiger partial charge in [-0.2, -0.15) is 8.78 Å². The molecule has 0 spiro atoms. The first-order chi connectivity index (χ1) is 13.1. The minimum atomic E-state index is -3.96. The maximum atomic E-state index is 14.3. The minimum absolute atomic E-state index is 0.145. The van der Waals surface area contributed by atoms with E-state index >= 15 is 0 Å². The van der Waals surface area contributed by atoms with E-state index in [4.69, 9.17) is 11.6 Å². The molecule has 28 heavy (non-hydrogen) atoms. The number of hydrogen-bond acceptors (Lipinski definition) is 1. The maximum Gasteiger partial charge on any atom is 0.426 e. The van der Waals surface area contributed by atoms with Gasteiger partial charge in [0.05, 0.1) is 10.6 Å². The van der Waals surface area contributed by atoms with Gasteiger partial charge >= 0.3 is 6.11 Å². The van der Waals surface area contributed by atoms with Crippen LogP contribution in [0.1, 0.15) is 11.1 Å². The zero-order chi connectivity index (χ0) is 20.6. The second-order valence-corrected chi connectivity index (χ2v) is 6.33. The fourth-order valence-electron chi connectivity index (χ4n) is 2.51. The summed E-state index contributed by atoms with van der Waals surface area (Å²) in [7, 11) is 0. The van der Waals surface area contributed by atoms with E-state index < -0.39 is 40.7 Å². The molecule has 0 atom stereocenters. The van der Waals surface area contributed by atoms with Crippen molar-refractivity contribution >= 4 is 11.6 Å². The molecule has 0 saturated carbocycles. The molecule has 0 unspecified atom stereocenters. The maximum absolute atomic E-state index is 14.3. The van der Waals surface area contributed by atoms with E-state index in [0.717, 1.165) is 12.1 Å². The van der Waals surface area contributed by atoms with Gasteiger partial charge in [-0.25, -0.2) is 17.6 Å². The normalized spacial score (nSPS) is 11.6. The zero-order valence-corrected chi connectivity index (χ0v) is 14.9. The van der Waals surface area contributed by atoms with Gasteiger partial charge in [0.1, 0.15) is 11.6 Å². The van der Waals surface area contributed by atoms with Crippen molar-refractivity contribution in [1.82, 2.24) is 0 Å². The van der Waals surface area contributed by atoms with E-state index in [1.807, 2.05) is 0 Å². The standard InChI is InChI=1S/C20H11ClF6O/c1-10-2-7-14(17(21)18(10)24)11-3-5-12(6-4-11)20(26,27)28-13-8-15(22)19(25)16(23)9-13/h2-9H,1H3. The van der Waals surface area contributed by atoms with E-state index in [1.165, 1.54) is 25.1 Å². The number of halogens is 7. The predicted molar refractivity (Wildman–Crippen MR) is 92.4 cm³/mol. The Bertz CT molecular complexity index is 1010. The molecule has 3 rings (SSSR count). The minimum Gasteiger partial charge on any atom is -0.429 e. The van der Waals surface area contributed by atoms with Crippen LogP contribution >= 0.6 is 11.6 Å². The Labute approximate surface area is 161 Å². The quantitative estimate of drug-likeness (QED) is 0.328. The monoisotopic (exact) mass is 416 g/mol. The molecular formula is C20H11ClF6O. The summed E-state index contributed by atoms with van der Waals surface area (Å²) in [6, 6.07) is 8.22. The lowest BCUT2D eigenvalue weighted by atomic mass is 10.0. The highest BCUT2D eigenvalue weighted by Gasteiger charge is 2.35. The molecule has 0 N–H and O–H groups in total. The molecule has 8 heteroatoms. The summed E-state index contributed by atoms with van der Waals surface area (Å²) in [5.41, 5.74) is 0.389. The lowest BCUT2D eigenvalue weighted by molar-refractivity contribution is -0.185. The van der Waals surface area contributed by atoms with Gasteiger partial charge in [0, 0.05) is 17.7 Å². The number of benzene rings is 3. The van der Waals surface area contributed by atoms with Crippen LogP contribution in [-0.2, 0) is 6.11 Å². The topological polar surface area (TPSA) is 9.23 Å². The number of rotatable bonds is 4. The smallest absolute Gasteiger partial charge is 0.426 e. The lowest BCUT2D eigenvalue weighted by Gasteiger charge is -2.19. The molecule has 146 valence electrons. The third-order valence-electron chi connectivity index (χ3n) is 4.01. The third-order valence-corrected chi connectivity index (χ3v) is 4.38.